The normalized spacial score (nSPS) is 18.7. The number of hydrogen-bond donors (Lipinski definition) is 2. The molecule has 1 heterocycles. The highest BCUT2D eigenvalue weighted by Gasteiger charge is 2.21. The zero-order valence-corrected chi connectivity index (χ0v) is 10.2. The summed E-state index contributed by atoms with van der Waals surface area (Å²) in [5.41, 5.74) is 0.669. The molecule has 1 aromatic carbocycles. The number of benzene rings is 1. The van der Waals surface area contributed by atoms with Crippen LogP contribution in [0.15, 0.2) is 18.2 Å². The molecule has 1 saturated heterocycles. The average Bonchev–Trinajstić information content (AvgIpc) is 2.74. The summed E-state index contributed by atoms with van der Waals surface area (Å²) < 4.78 is 0. The lowest BCUT2D eigenvalue weighted by Gasteiger charge is -2.10. The van der Waals surface area contributed by atoms with Crippen molar-refractivity contribution in [2.75, 3.05) is 6.54 Å². The quantitative estimate of drug-likeness (QED) is 0.636. The van der Waals surface area contributed by atoms with Gasteiger partial charge in [0, 0.05) is 31.6 Å². The van der Waals surface area contributed by atoms with Crippen molar-refractivity contribution in [2.24, 2.45) is 0 Å². The minimum atomic E-state index is -0.507. The fourth-order valence-corrected chi connectivity index (χ4v) is 2.01. The first kappa shape index (κ1) is 12.8. The monoisotopic (exact) mass is 269 g/mol. The minimum Gasteiger partial charge on any atom is -0.354 e. The van der Waals surface area contributed by atoms with Gasteiger partial charge in [-0.3, -0.25) is 14.9 Å². The summed E-state index contributed by atoms with van der Waals surface area (Å²) in [6.07, 6.45) is 0.440. The maximum absolute atomic E-state index is 11.0. The highest BCUT2D eigenvalue weighted by Crippen LogP contribution is 2.25. The molecule has 0 radical (unpaired) electrons. The molecule has 1 aromatic rings. The second-order valence-corrected chi connectivity index (χ2v) is 4.54. The molecular weight excluding hydrogens is 258 g/mol. The van der Waals surface area contributed by atoms with Gasteiger partial charge in [-0.25, -0.2) is 0 Å². The summed E-state index contributed by atoms with van der Waals surface area (Å²) in [5, 5.41) is 16.7. The van der Waals surface area contributed by atoms with Gasteiger partial charge in [-0.05, 0) is 11.6 Å². The number of nitro groups is 1. The van der Waals surface area contributed by atoms with Gasteiger partial charge in [0.1, 0.15) is 5.02 Å². The Morgan fingerprint density at radius 1 is 1.56 bits per heavy atom. The van der Waals surface area contributed by atoms with E-state index in [2.05, 4.69) is 10.6 Å². The maximum Gasteiger partial charge on any atom is 0.288 e. The van der Waals surface area contributed by atoms with Gasteiger partial charge >= 0.3 is 0 Å². The molecule has 0 aliphatic carbocycles. The molecule has 0 aromatic heterocycles. The summed E-state index contributed by atoms with van der Waals surface area (Å²) in [5.74, 6) is 0.0228. The molecule has 7 heteroatoms. The third-order valence-electron chi connectivity index (χ3n) is 2.78. The number of nitro benzene ring substituents is 1. The molecule has 0 spiro atoms. The van der Waals surface area contributed by atoms with Crippen LogP contribution in [0.1, 0.15) is 12.0 Å². The van der Waals surface area contributed by atoms with E-state index in [0.717, 1.165) is 5.56 Å². The first-order chi connectivity index (χ1) is 8.56. The van der Waals surface area contributed by atoms with E-state index in [1.165, 1.54) is 12.1 Å². The number of rotatable bonds is 4. The van der Waals surface area contributed by atoms with Crippen LogP contribution in [0.4, 0.5) is 5.69 Å². The average molecular weight is 270 g/mol. The van der Waals surface area contributed by atoms with Crippen molar-refractivity contribution in [1.82, 2.24) is 10.6 Å². The van der Waals surface area contributed by atoms with Crippen molar-refractivity contribution in [3.8, 4) is 0 Å². The molecule has 6 nitrogen and oxygen atoms in total. The number of carbonyl (C=O) groups is 1. The second kappa shape index (κ2) is 5.32. The third kappa shape index (κ3) is 2.96. The number of carbonyl (C=O) groups excluding carboxylic acids is 1. The van der Waals surface area contributed by atoms with E-state index < -0.39 is 4.92 Å². The Balaban J connectivity index is 1.99. The van der Waals surface area contributed by atoms with Gasteiger partial charge in [0.15, 0.2) is 0 Å². The van der Waals surface area contributed by atoms with Crippen molar-refractivity contribution in [3.63, 3.8) is 0 Å². The Morgan fingerprint density at radius 2 is 2.33 bits per heavy atom. The van der Waals surface area contributed by atoms with Crippen LogP contribution >= 0.6 is 11.6 Å². The van der Waals surface area contributed by atoms with Gasteiger partial charge in [-0.2, -0.15) is 0 Å². The van der Waals surface area contributed by atoms with E-state index in [-0.39, 0.29) is 22.7 Å². The molecule has 1 atom stereocenters. The van der Waals surface area contributed by atoms with E-state index in [0.29, 0.717) is 19.5 Å². The SMILES string of the molecule is O=C1CC(NCc2ccc(Cl)c([N+](=O)[O-])c2)CN1. The fourth-order valence-electron chi connectivity index (χ4n) is 1.82. The molecule has 1 fully saturated rings. The summed E-state index contributed by atoms with van der Waals surface area (Å²) in [7, 11) is 0. The number of nitrogens with zero attached hydrogens (tertiary/aromatic N) is 1. The number of nitrogens with one attached hydrogen (secondary N) is 2. The third-order valence-corrected chi connectivity index (χ3v) is 3.10. The van der Waals surface area contributed by atoms with Crippen molar-refractivity contribution >= 4 is 23.2 Å². The van der Waals surface area contributed by atoms with Crippen LogP contribution in [0.2, 0.25) is 5.02 Å². The van der Waals surface area contributed by atoms with E-state index in [9.17, 15) is 14.9 Å². The lowest BCUT2D eigenvalue weighted by Crippen LogP contribution is -2.30. The zero-order chi connectivity index (χ0) is 13.1. The maximum atomic E-state index is 11.0. The smallest absolute Gasteiger partial charge is 0.288 e. The van der Waals surface area contributed by atoms with Crippen LogP contribution in [0.25, 0.3) is 0 Å². The zero-order valence-electron chi connectivity index (χ0n) is 9.48. The summed E-state index contributed by atoms with van der Waals surface area (Å²) in [4.78, 5) is 21.2. The number of hydrogen-bond acceptors (Lipinski definition) is 4. The molecule has 1 aliphatic heterocycles. The molecule has 1 aliphatic rings. The minimum absolute atomic E-state index is 0.0228. The lowest BCUT2D eigenvalue weighted by atomic mass is 10.2. The van der Waals surface area contributed by atoms with E-state index in [4.69, 9.17) is 11.6 Å². The fraction of sp³-hybridized carbons (Fsp3) is 0.364. The van der Waals surface area contributed by atoms with Crippen LogP contribution in [-0.4, -0.2) is 23.4 Å². The van der Waals surface area contributed by atoms with Crippen LogP contribution in [0.5, 0.6) is 0 Å². The molecule has 1 unspecified atom stereocenters. The van der Waals surface area contributed by atoms with Gasteiger partial charge in [0.05, 0.1) is 4.92 Å². The Hall–Kier alpha value is -1.66. The van der Waals surface area contributed by atoms with Gasteiger partial charge in [-0.15, -0.1) is 0 Å². The van der Waals surface area contributed by atoms with Crippen LogP contribution in [-0.2, 0) is 11.3 Å². The van der Waals surface area contributed by atoms with Crippen molar-refractivity contribution in [1.29, 1.82) is 0 Å². The summed E-state index contributed by atoms with van der Waals surface area (Å²) in [6, 6.07) is 4.76. The van der Waals surface area contributed by atoms with E-state index in [1.54, 1.807) is 6.07 Å². The molecule has 1 amide bonds. The molecule has 2 rings (SSSR count). The van der Waals surface area contributed by atoms with Gasteiger partial charge < -0.3 is 10.6 Å². The molecule has 96 valence electrons. The number of amides is 1. The van der Waals surface area contributed by atoms with Gasteiger partial charge in [0.25, 0.3) is 5.69 Å². The van der Waals surface area contributed by atoms with E-state index in [1.807, 2.05) is 0 Å². The highest BCUT2D eigenvalue weighted by molar-refractivity contribution is 6.32. The van der Waals surface area contributed by atoms with Gasteiger partial charge in [-0.1, -0.05) is 17.7 Å². The lowest BCUT2D eigenvalue weighted by molar-refractivity contribution is -0.384. The standard InChI is InChI=1S/C11H12ClN3O3/c12-9-2-1-7(3-10(9)15(17)18)5-13-8-4-11(16)14-6-8/h1-3,8,13H,4-6H2,(H,14,16). The summed E-state index contributed by atoms with van der Waals surface area (Å²) in [6.45, 7) is 1.06. The predicted octanol–water partition coefficient (Wildman–Crippen LogP) is 1.23. The Kier molecular flexibility index (Phi) is 3.78. The van der Waals surface area contributed by atoms with Crippen molar-refractivity contribution < 1.29 is 9.72 Å². The molecule has 18 heavy (non-hydrogen) atoms. The van der Waals surface area contributed by atoms with Crippen LogP contribution in [0.3, 0.4) is 0 Å². The largest absolute Gasteiger partial charge is 0.354 e. The van der Waals surface area contributed by atoms with Crippen molar-refractivity contribution in [2.45, 2.75) is 19.0 Å². The number of halogens is 1. The van der Waals surface area contributed by atoms with Crippen LogP contribution < -0.4 is 10.6 Å². The van der Waals surface area contributed by atoms with Crippen molar-refractivity contribution in [3.05, 3.63) is 38.9 Å². The first-order valence-corrected chi connectivity index (χ1v) is 5.87. The summed E-state index contributed by atoms with van der Waals surface area (Å²) >= 11 is 5.72. The first-order valence-electron chi connectivity index (χ1n) is 5.49. The van der Waals surface area contributed by atoms with E-state index >= 15 is 0 Å². The van der Waals surface area contributed by atoms with Gasteiger partial charge in [0.2, 0.25) is 5.91 Å². The Bertz CT molecular complexity index is 492. The van der Waals surface area contributed by atoms with Crippen LogP contribution in [0, 0.1) is 10.1 Å². The molecule has 2 N–H and O–H groups in total. The Labute approximate surface area is 108 Å². The highest BCUT2D eigenvalue weighted by atomic mass is 35.5. The topological polar surface area (TPSA) is 84.3 Å². The predicted molar refractivity (Wildman–Crippen MR) is 66.4 cm³/mol. The Morgan fingerprint density at radius 3 is 2.94 bits per heavy atom. The molecular formula is C11H12ClN3O3. The molecule has 0 saturated carbocycles. The second-order valence-electron chi connectivity index (χ2n) is 4.13. The molecule has 0 bridgehead atoms.